The molecule has 1 N–H and O–H groups in total. The second-order valence-corrected chi connectivity index (χ2v) is 6.62. The van der Waals surface area contributed by atoms with Crippen molar-refractivity contribution in [2.75, 3.05) is 0 Å². The third-order valence-corrected chi connectivity index (χ3v) is 4.48. The molecule has 0 aliphatic carbocycles. The summed E-state index contributed by atoms with van der Waals surface area (Å²) >= 11 is 5.99. The molecule has 0 fully saturated rings. The number of hydrogen-bond acceptors (Lipinski definition) is 2. The van der Waals surface area contributed by atoms with Crippen LogP contribution in [0.2, 0.25) is 5.02 Å². The van der Waals surface area contributed by atoms with Gasteiger partial charge in [0.1, 0.15) is 0 Å². The molecule has 0 bridgehead atoms. The first-order valence-electron chi connectivity index (χ1n) is 8.48. The maximum absolute atomic E-state index is 11.9. The summed E-state index contributed by atoms with van der Waals surface area (Å²) in [7, 11) is 0. The van der Waals surface area contributed by atoms with Gasteiger partial charge in [-0.15, -0.1) is 0 Å². The Morgan fingerprint density at radius 2 is 1.85 bits per heavy atom. The fraction of sp³-hybridized carbons (Fsp3) is 0.0435. The molecule has 0 unspecified atom stereocenters. The molecule has 3 aromatic carbocycles. The predicted octanol–water partition coefficient (Wildman–Crippen LogP) is 5.49. The van der Waals surface area contributed by atoms with Gasteiger partial charge in [-0.1, -0.05) is 53.9 Å². The van der Waals surface area contributed by atoms with E-state index in [0.29, 0.717) is 16.4 Å². The molecule has 4 heteroatoms. The Hall–Kier alpha value is -3.35. The van der Waals surface area contributed by atoms with Gasteiger partial charge in [0, 0.05) is 16.1 Å². The average molecular weight is 371 g/mol. The Morgan fingerprint density at radius 3 is 2.67 bits per heavy atom. The quantitative estimate of drug-likeness (QED) is 0.375. The summed E-state index contributed by atoms with van der Waals surface area (Å²) < 4.78 is 0. The molecular weight excluding hydrogens is 356 g/mol. The fourth-order valence-corrected chi connectivity index (χ4v) is 3.17. The number of halogens is 1. The van der Waals surface area contributed by atoms with E-state index in [1.54, 1.807) is 6.92 Å². The van der Waals surface area contributed by atoms with Crippen molar-refractivity contribution >= 4 is 28.4 Å². The highest BCUT2D eigenvalue weighted by Gasteiger charge is 2.10. The molecule has 0 radical (unpaired) electrons. The van der Waals surface area contributed by atoms with Crippen molar-refractivity contribution < 1.29 is 4.79 Å². The van der Waals surface area contributed by atoms with Gasteiger partial charge in [0.25, 0.3) is 0 Å². The standard InChI is InChI=1S/C23H15ClN2O/c1-15(27)19-7-2-3-8-20(19)17-10-11-21-22(14-17)26-23(25-21)12-9-16-5-4-6-18(24)13-16/h2-8,10-11,13-14H,1H3,(H,25,26). The number of benzene rings is 3. The first-order chi connectivity index (χ1) is 13.1. The number of carbonyl (C=O) groups is 1. The SMILES string of the molecule is CC(=O)c1ccccc1-c1ccc2nc(C#Cc3cccc(Cl)c3)[nH]c2c1. The highest BCUT2D eigenvalue weighted by Crippen LogP contribution is 2.27. The maximum atomic E-state index is 11.9. The Morgan fingerprint density at radius 1 is 1.00 bits per heavy atom. The fourth-order valence-electron chi connectivity index (χ4n) is 2.98. The zero-order valence-electron chi connectivity index (χ0n) is 14.6. The molecule has 0 saturated heterocycles. The number of hydrogen-bond donors (Lipinski definition) is 1. The summed E-state index contributed by atoms with van der Waals surface area (Å²) in [6, 6.07) is 20.9. The lowest BCUT2D eigenvalue weighted by Gasteiger charge is -2.06. The Bertz CT molecular complexity index is 1230. The van der Waals surface area contributed by atoms with Crippen molar-refractivity contribution in [3.63, 3.8) is 0 Å². The smallest absolute Gasteiger partial charge is 0.184 e. The zero-order valence-corrected chi connectivity index (χ0v) is 15.3. The predicted molar refractivity (Wildman–Crippen MR) is 109 cm³/mol. The van der Waals surface area contributed by atoms with Gasteiger partial charge < -0.3 is 4.98 Å². The number of nitrogens with one attached hydrogen (secondary N) is 1. The summed E-state index contributed by atoms with van der Waals surface area (Å²) in [4.78, 5) is 19.7. The van der Waals surface area contributed by atoms with E-state index in [-0.39, 0.29) is 5.78 Å². The van der Waals surface area contributed by atoms with Crippen molar-refractivity contribution in [2.45, 2.75) is 6.92 Å². The highest BCUT2D eigenvalue weighted by atomic mass is 35.5. The van der Waals surface area contributed by atoms with Crippen molar-refractivity contribution in [1.29, 1.82) is 0 Å². The van der Waals surface area contributed by atoms with E-state index in [9.17, 15) is 4.79 Å². The first-order valence-corrected chi connectivity index (χ1v) is 8.86. The number of rotatable bonds is 2. The van der Waals surface area contributed by atoms with Gasteiger partial charge >= 0.3 is 0 Å². The van der Waals surface area contributed by atoms with Crippen LogP contribution in [0.1, 0.15) is 28.7 Å². The van der Waals surface area contributed by atoms with E-state index in [2.05, 4.69) is 21.8 Å². The third kappa shape index (κ3) is 3.62. The lowest BCUT2D eigenvalue weighted by Crippen LogP contribution is -1.95. The third-order valence-electron chi connectivity index (χ3n) is 4.25. The molecule has 0 aliphatic heterocycles. The number of aromatic amines is 1. The van der Waals surface area contributed by atoms with Crippen LogP contribution in [0.5, 0.6) is 0 Å². The van der Waals surface area contributed by atoms with E-state index in [0.717, 1.165) is 27.7 Å². The van der Waals surface area contributed by atoms with Crippen LogP contribution < -0.4 is 0 Å². The van der Waals surface area contributed by atoms with E-state index in [1.165, 1.54) is 0 Å². The normalized spacial score (nSPS) is 10.4. The second kappa shape index (κ2) is 7.11. The Balaban J connectivity index is 1.72. The molecule has 130 valence electrons. The van der Waals surface area contributed by atoms with Crippen molar-refractivity contribution in [3.8, 4) is 23.0 Å². The first kappa shape index (κ1) is 17.1. The van der Waals surface area contributed by atoms with E-state index < -0.39 is 0 Å². The van der Waals surface area contributed by atoms with Crippen LogP contribution >= 0.6 is 11.6 Å². The average Bonchev–Trinajstić information content (AvgIpc) is 3.08. The van der Waals surface area contributed by atoms with Crippen LogP contribution in [0.4, 0.5) is 0 Å². The largest absolute Gasteiger partial charge is 0.331 e. The molecule has 4 rings (SSSR count). The summed E-state index contributed by atoms with van der Waals surface area (Å²) in [6.07, 6.45) is 0. The lowest BCUT2D eigenvalue weighted by molar-refractivity contribution is 0.101. The molecular formula is C23H15ClN2O. The Kier molecular flexibility index (Phi) is 4.50. The van der Waals surface area contributed by atoms with Crippen LogP contribution in [0.3, 0.4) is 0 Å². The summed E-state index contributed by atoms with van der Waals surface area (Å²) in [5.41, 5.74) is 5.12. The lowest BCUT2D eigenvalue weighted by atomic mass is 9.97. The van der Waals surface area contributed by atoms with E-state index >= 15 is 0 Å². The number of nitrogens with zero attached hydrogens (tertiary/aromatic N) is 1. The molecule has 0 atom stereocenters. The minimum absolute atomic E-state index is 0.0448. The van der Waals surface area contributed by atoms with E-state index in [4.69, 9.17) is 11.6 Å². The maximum Gasteiger partial charge on any atom is 0.184 e. The molecule has 27 heavy (non-hydrogen) atoms. The minimum atomic E-state index is 0.0448. The van der Waals surface area contributed by atoms with Crippen molar-refractivity contribution in [3.05, 3.63) is 88.7 Å². The number of aromatic nitrogens is 2. The molecule has 3 nitrogen and oxygen atoms in total. The minimum Gasteiger partial charge on any atom is -0.331 e. The number of carbonyl (C=O) groups excluding carboxylic acids is 1. The number of ketones is 1. The van der Waals surface area contributed by atoms with Crippen LogP contribution in [-0.4, -0.2) is 15.8 Å². The van der Waals surface area contributed by atoms with Gasteiger partial charge in [0.05, 0.1) is 11.0 Å². The molecule has 1 heterocycles. The van der Waals surface area contributed by atoms with Crippen LogP contribution in [0.15, 0.2) is 66.7 Å². The van der Waals surface area contributed by atoms with Gasteiger partial charge in [-0.05, 0) is 54.3 Å². The zero-order chi connectivity index (χ0) is 18.8. The number of imidazole rings is 1. The van der Waals surface area contributed by atoms with Gasteiger partial charge in [-0.25, -0.2) is 4.98 Å². The monoisotopic (exact) mass is 370 g/mol. The van der Waals surface area contributed by atoms with E-state index in [1.807, 2.05) is 66.7 Å². The molecule has 0 spiro atoms. The number of fused-ring (bicyclic) bond motifs is 1. The molecule has 0 aliphatic rings. The number of H-pyrrole nitrogens is 1. The molecule has 0 amide bonds. The molecule has 4 aromatic rings. The summed E-state index contributed by atoms with van der Waals surface area (Å²) in [5, 5.41) is 0.653. The second-order valence-electron chi connectivity index (χ2n) is 6.18. The summed E-state index contributed by atoms with van der Waals surface area (Å²) in [5.74, 6) is 6.73. The molecule has 1 aromatic heterocycles. The van der Waals surface area contributed by atoms with Crippen molar-refractivity contribution in [1.82, 2.24) is 9.97 Å². The van der Waals surface area contributed by atoms with Crippen LogP contribution in [-0.2, 0) is 0 Å². The van der Waals surface area contributed by atoms with Crippen LogP contribution in [0.25, 0.3) is 22.2 Å². The van der Waals surface area contributed by atoms with Gasteiger partial charge in [-0.2, -0.15) is 0 Å². The van der Waals surface area contributed by atoms with Gasteiger partial charge in [0.2, 0.25) is 0 Å². The van der Waals surface area contributed by atoms with Crippen LogP contribution in [0, 0.1) is 11.8 Å². The topological polar surface area (TPSA) is 45.8 Å². The highest BCUT2D eigenvalue weighted by molar-refractivity contribution is 6.30. The van der Waals surface area contributed by atoms with Gasteiger partial charge in [-0.3, -0.25) is 4.79 Å². The van der Waals surface area contributed by atoms with Crippen molar-refractivity contribution in [2.24, 2.45) is 0 Å². The molecule has 0 saturated carbocycles. The summed E-state index contributed by atoms with van der Waals surface area (Å²) in [6.45, 7) is 1.58. The number of Topliss-reactive ketones (excluding diaryl/α,β-unsaturated/α-hetero) is 1. The Labute approximate surface area is 162 Å². The van der Waals surface area contributed by atoms with Gasteiger partial charge in [0.15, 0.2) is 11.6 Å².